The molecule has 6 nitrogen and oxygen atoms in total. The Balaban J connectivity index is 1.65. The van der Waals surface area contributed by atoms with Gasteiger partial charge >= 0.3 is 0 Å². The Labute approximate surface area is 217 Å². The van der Waals surface area contributed by atoms with Crippen molar-refractivity contribution in [1.82, 2.24) is 9.66 Å². The molecule has 0 aliphatic rings. The normalized spacial score (nSPS) is 11.3. The van der Waals surface area contributed by atoms with Gasteiger partial charge in [0.15, 0.2) is 11.5 Å². The van der Waals surface area contributed by atoms with Crippen LogP contribution in [0.15, 0.2) is 69.0 Å². The maximum absolute atomic E-state index is 13.5. The monoisotopic (exact) mass is 635 g/mol. The highest BCUT2D eigenvalue weighted by Gasteiger charge is 2.13. The number of aromatic nitrogens is 2. The molecule has 0 saturated heterocycles. The molecule has 174 valence electrons. The van der Waals surface area contributed by atoms with Crippen LogP contribution in [0.3, 0.4) is 0 Å². The van der Waals surface area contributed by atoms with Crippen molar-refractivity contribution in [3.63, 3.8) is 0 Å². The molecule has 3 aromatic carbocycles. The molecule has 0 bridgehead atoms. The Bertz CT molecular complexity index is 1460. The standard InChI is InChI=1S/C25H20BrFIN3O3/c1-3-33-23-11-17(10-21(28)24(23)34-14-16-5-4-6-19(27)9-16)13-29-31-15(2)30-22-8-7-18(26)12-20(22)25(31)32/h4-13H,3,14H2,1-2H3. The summed E-state index contributed by atoms with van der Waals surface area (Å²) in [5.74, 6) is 1.27. The van der Waals surface area contributed by atoms with Crippen molar-refractivity contribution in [2.75, 3.05) is 6.61 Å². The van der Waals surface area contributed by atoms with Crippen LogP contribution in [0.5, 0.6) is 11.5 Å². The lowest BCUT2D eigenvalue weighted by molar-refractivity contribution is 0.267. The van der Waals surface area contributed by atoms with Crippen LogP contribution in [0.2, 0.25) is 0 Å². The van der Waals surface area contributed by atoms with Crippen LogP contribution in [0, 0.1) is 16.3 Å². The van der Waals surface area contributed by atoms with Crippen LogP contribution < -0.4 is 15.0 Å². The fourth-order valence-corrected chi connectivity index (χ4v) is 4.51. The minimum Gasteiger partial charge on any atom is -0.490 e. The van der Waals surface area contributed by atoms with Crippen molar-refractivity contribution in [3.8, 4) is 11.5 Å². The van der Waals surface area contributed by atoms with Crippen molar-refractivity contribution >= 4 is 55.6 Å². The van der Waals surface area contributed by atoms with E-state index in [1.807, 2.05) is 19.1 Å². The summed E-state index contributed by atoms with van der Waals surface area (Å²) in [6.45, 7) is 4.26. The molecule has 0 spiro atoms. The van der Waals surface area contributed by atoms with Gasteiger partial charge in [0.1, 0.15) is 18.2 Å². The minimum absolute atomic E-state index is 0.203. The summed E-state index contributed by atoms with van der Waals surface area (Å²) in [6.07, 6.45) is 1.58. The largest absolute Gasteiger partial charge is 0.490 e. The molecule has 4 aromatic rings. The van der Waals surface area contributed by atoms with E-state index in [0.717, 1.165) is 13.6 Å². The van der Waals surface area contributed by atoms with Crippen LogP contribution in [0.4, 0.5) is 4.39 Å². The second-order valence-corrected chi connectivity index (χ2v) is 9.44. The Hall–Kier alpha value is -2.79. The highest BCUT2D eigenvalue weighted by Crippen LogP contribution is 2.34. The molecule has 0 amide bonds. The third-order valence-electron chi connectivity index (χ3n) is 4.90. The molecule has 0 atom stereocenters. The van der Waals surface area contributed by atoms with E-state index in [4.69, 9.17) is 9.47 Å². The van der Waals surface area contributed by atoms with Crippen molar-refractivity contribution in [2.45, 2.75) is 20.5 Å². The molecule has 4 rings (SSSR count). The van der Waals surface area contributed by atoms with Crippen LogP contribution >= 0.6 is 38.5 Å². The molecule has 0 saturated carbocycles. The fourth-order valence-electron chi connectivity index (χ4n) is 3.37. The number of halogens is 3. The third kappa shape index (κ3) is 5.47. The molecule has 0 unspecified atom stereocenters. The van der Waals surface area contributed by atoms with Gasteiger partial charge < -0.3 is 9.47 Å². The zero-order chi connectivity index (χ0) is 24.2. The number of aryl methyl sites for hydroxylation is 1. The van der Waals surface area contributed by atoms with Gasteiger partial charge in [0.2, 0.25) is 0 Å². The molecule has 0 N–H and O–H groups in total. The van der Waals surface area contributed by atoms with Gasteiger partial charge in [0.25, 0.3) is 5.56 Å². The Morgan fingerprint density at radius 2 is 2.00 bits per heavy atom. The lowest BCUT2D eigenvalue weighted by Crippen LogP contribution is -2.20. The molecule has 34 heavy (non-hydrogen) atoms. The summed E-state index contributed by atoms with van der Waals surface area (Å²) in [6, 6.07) is 15.3. The first-order valence-electron chi connectivity index (χ1n) is 10.4. The van der Waals surface area contributed by atoms with E-state index in [1.165, 1.54) is 16.8 Å². The first-order chi connectivity index (χ1) is 16.4. The van der Waals surface area contributed by atoms with Crippen molar-refractivity contribution in [1.29, 1.82) is 0 Å². The maximum atomic E-state index is 13.5. The lowest BCUT2D eigenvalue weighted by atomic mass is 10.2. The van der Waals surface area contributed by atoms with Gasteiger partial charge in [0, 0.05) is 4.47 Å². The second kappa shape index (κ2) is 10.6. The first kappa shape index (κ1) is 24.3. The summed E-state index contributed by atoms with van der Waals surface area (Å²) < 4.78 is 28.1. The smallest absolute Gasteiger partial charge is 0.282 e. The van der Waals surface area contributed by atoms with E-state index in [2.05, 4.69) is 48.6 Å². The third-order valence-corrected chi connectivity index (χ3v) is 6.19. The number of ether oxygens (including phenoxy) is 2. The average Bonchev–Trinajstić information content (AvgIpc) is 2.79. The summed E-state index contributed by atoms with van der Waals surface area (Å²) in [5, 5.41) is 4.87. The van der Waals surface area contributed by atoms with E-state index >= 15 is 0 Å². The van der Waals surface area contributed by atoms with Gasteiger partial charge in [-0.1, -0.05) is 28.1 Å². The molecule has 1 aromatic heterocycles. The molecular formula is C25H20BrFIN3O3. The molecule has 9 heteroatoms. The van der Waals surface area contributed by atoms with Crippen LogP contribution in [0.25, 0.3) is 10.9 Å². The highest BCUT2D eigenvalue weighted by molar-refractivity contribution is 14.1. The number of hydrogen-bond donors (Lipinski definition) is 0. The van der Waals surface area contributed by atoms with Gasteiger partial charge in [-0.2, -0.15) is 9.78 Å². The zero-order valence-corrected chi connectivity index (χ0v) is 22.1. The molecule has 0 aliphatic carbocycles. The molecule has 0 fully saturated rings. The van der Waals surface area contributed by atoms with Gasteiger partial charge in [-0.15, -0.1) is 0 Å². The summed E-state index contributed by atoms with van der Waals surface area (Å²) in [4.78, 5) is 17.5. The summed E-state index contributed by atoms with van der Waals surface area (Å²) in [7, 11) is 0. The average molecular weight is 636 g/mol. The van der Waals surface area contributed by atoms with Gasteiger partial charge in [-0.25, -0.2) is 9.37 Å². The Morgan fingerprint density at radius 3 is 2.76 bits per heavy atom. The topological polar surface area (TPSA) is 65.7 Å². The minimum atomic E-state index is -0.312. The lowest BCUT2D eigenvalue weighted by Gasteiger charge is -2.15. The summed E-state index contributed by atoms with van der Waals surface area (Å²) >= 11 is 5.55. The van der Waals surface area contributed by atoms with E-state index in [-0.39, 0.29) is 18.0 Å². The van der Waals surface area contributed by atoms with E-state index in [9.17, 15) is 9.18 Å². The van der Waals surface area contributed by atoms with Crippen molar-refractivity contribution in [3.05, 3.63) is 95.8 Å². The molecular weight excluding hydrogens is 616 g/mol. The Morgan fingerprint density at radius 1 is 1.18 bits per heavy atom. The van der Waals surface area contributed by atoms with Crippen LogP contribution in [0.1, 0.15) is 23.9 Å². The summed E-state index contributed by atoms with van der Waals surface area (Å²) in [5.41, 5.74) is 1.81. The number of fused-ring (bicyclic) bond motifs is 1. The van der Waals surface area contributed by atoms with Crippen LogP contribution in [-0.4, -0.2) is 22.5 Å². The second-order valence-electron chi connectivity index (χ2n) is 7.36. The number of hydrogen-bond acceptors (Lipinski definition) is 5. The highest BCUT2D eigenvalue weighted by atomic mass is 127. The van der Waals surface area contributed by atoms with E-state index in [1.54, 1.807) is 43.5 Å². The number of benzene rings is 3. The number of nitrogens with zero attached hydrogens (tertiary/aromatic N) is 3. The molecule has 0 aliphatic heterocycles. The van der Waals surface area contributed by atoms with Gasteiger partial charge in [-0.3, -0.25) is 4.79 Å². The van der Waals surface area contributed by atoms with Crippen molar-refractivity contribution < 1.29 is 13.9 Å². The van der Waals surface area contributed by atoms with E-state index in [0.29, 0.717) is 40.4 Å². The van der Waals surface area contributed by atoms with Crippen molar-refractivity contribution in [2.24, 2.45) is 5.10 Å². The molecule has 1 heterocycles. The maximum Gasteiger partial charge on any atom is 0.282 e. The van der Waals surface area contributed by atoms with Gasteiger partial charge in [-0.05, 0) is 90.0 Å². The predicted octanol–water partition coefficient (Wildman–Crippen LogP) is 6.07. The molecule has 0 radical (unpaired) electrons. The predicted molar refractivity (Wildman–Crippen MR) is 142 cm³/mol. The quantitative estimate of drug-likeness (QED) is 0.183. The fraction of sp³-hybridized carbons (Fsp3) is 0.160. The van der Waals surface area contributed by atoms with E-state index < -0.39 is 0 Å². The number of rotatable bonds is 7. The SMILES string of the molecule is CCOc1cc(C=Nn2c(C)nc3ccc(Br)cc3c2=O)cc(I)c1OCc1cccc(F)c1. The van der Waals surface area contributed by atoms with Gasteiger partial charge in [0.05, 0.1) is 27.3 Å². The first-order valence-corrected chi connectivity index (χ1v) is 12.3. The Kier molecular flexibility index (Phi) is 7.62. The zero-order valence-electron chi connectivity index (χ0n) is 18.4. The van der Waals surface area contributed by atoms with Crippen LogP contribution in [-0.2, 0) is 6.61 Å².